The maximum atomic E-state index is 8.99. The van der Waals surface area contributed by atoms with E-state index in [1.54, 1.807) is 0 Å². The summed E-state index contributed by atoms with van der Waals surface area (Å²) < 4.78 is 5.69. The van der Waals surface area contributed by atoms with Crippen molar-refractivity contribution in [2.45, 2.75) is 33.3 Å². The topological polar surface area (TPSA) is 84.0 Å². The van der Waals surface area contributed by atoms with Crippen LogP contribution in [0.2, 0.25) is 0 Å². The number of nitrogens with zero attached hydrogens (tertiary/aromatic N) is 3. The van der Waals surface area contributed by atoms with Gasteiger partial charge in [-0.2, -0.15) is 0 Å². The minimum Gasteiger partial charge on any atom is -0.409 e. The van der Waals surface area contributed by atoms with E-state index in [9.17, 15) is 0 Å². The summed E-state index contributed by atoms with van der Waals surface area (Å²) in [7, 11) is 0. The number of pyridine rings is 1. The van der Waals surface area contributed by atoms with Gasteiger partial charge < -0.3 is 20.6 Å². The van der Waals surface area contributed by atoms with Crippen molar-refractivity contribution >= 4 is 11.7 Å². The lowest BCUT2D eigenvalue weighted by atomic mass is 10.1. The van der Waals surface area contributed by atoms with Gasteiger partial charge in [-0.1, -0.05) is 12.1 Å². The molecule has 1 aliphatic rings. The molecule has 20 heavy (non-hydrogen) atoms. The molecule has 0 saturated carbocycles. The number of rotatable bonds is 3. The predicted octanol–water partition coefficient (Wildman–Crippen LogP) is 1.41. The Morgan fingerprint density at radius 1 is 1.60 bits per heavy atom. The van der Waals surface area contributed by atoms with Crippen LogP contribution < -0.4 is 10.6 Å². The van der Waals surface area contributed by atoms with Gasteiger partial charge in [-0.3, -0.25) is 0 Å². The molecule has 0 spiro atoms. The van der Waals surface area contributed by atoms with E-state index < -0.39 is 0 Å². The lowest BCUT2D eigenvalue weighted by Crippen LogP contribution is -2.43. The van der Waals surface area contributed by atoms with Gasteiger partial charge in [0.25, 0.3) is 0 Å². The van der Waals surface area contributed by atoms with Crippen molar-refractivity contribution < 1.29 is 9.94 Å². The Bertz CT molecular complexity index is 516. The molecule has 1 atom stereocenters. The Labute approximate surface area is 119 Å². The first-order valence-corrected chi connectivity index (χ1v) is 6.89. The van der Waals surface area contributed by atoms with Gasteiger partial charge in [0.1, 0.15) is 5.82 Å². The number of aryl methyl sites for hydroxylation is 2. The van der Waals surface area contributed by atoms with Crippen molar-refractivity contribution in [1.29, 1.82) is 0 Å². The molecule has 1 saturated heterocycles. The number of oxime groups is 1. The molecule has 0 radical (unpaired) electrons. The molecule has 1 aromatic rings. The second kappa shape index (κ2) is 6.09. The average molecular weight is 278 g/mol. The van der Waals surface area contributed by atoms with Gasteiger partial charge >= 0.3 is 0 Å². The summed E-state index contributed by atoms with van der Waals surface area (Å²) in [5.41, 5.74) is 8.41. The molecule has 2 heterocycles. The van der Waals surface area contributed by atoms with E-state index in [1.807, 2.05) is 19.9 Å². The molecular weight excluding hydrogens is 256 g/mol. The third-order valence-electron chi connectivity index (χ3n) is 3.58. The monoisotopic (exact) mass is 278 g/mol. The Hall–Kier alpha value is -1.82. The van der Waals surface area contributed by atoms with Crippen LogP contribution in [-0.2, 0) is 4.74 Å². The summed E-state index contributed by atoms with van der Waals surface area (Å²) >= 11 is 0. The molecule has 1 unspecified atom stereocenters. The molecular formula is C14H22N4O2. The number of nitrogens with two attached hydrogens (primary N) is 1. The first-order valence-electron chi connectivity index (χ1n) is 6.89. The number of hydrogen-bond donors (Lipinski definition) is 2. The molecule has 0 bridgehead atoms. The van der Waals surface area contributed by atoms with Gasteiger partial charge in [-0.15, -0.1) is 0 Å². The highest BCUT2D eigenvalue weighted by Crippen LogP contribution is 2.24. The van der Waals surface area contributed by atoms with Crippen LogP contribution >= 0.6 is 0 Å². The number of hydrogen-bond acceptors (Lipinski definition) is 5. The third kappa shape index (κ3) is 2.85. The van der Waals surface area contributed by atoms with Gasteiger partial charge in [0, 0.05) is 18.8 Å². The lowest BCUT2D eigenvalue weighted by molar-refractivity contribution is 0.0381. The molecule has 0 aliphatic carbocycles. The van der Waals surface area contributed by atoms with Crippen LogP contribution in [0.1, 0.15) is 30.2 Å². The van der Waals surface area contributed by atoms with Crippen LogP contribution in [-0.4, -0.2) is 41.8 Å². The largest absolute Gasteiger partial charge is 0.409 e. The maximum absolute atomic E-state index is 8.99. The fourth-order valence-electron chi connectivity index (χ4n) is 2.57. The normalized spacial score (nSPS) is 20.2. The quantitative estimate of drug-likeness (QED) is 0.378. The van der Waals surface area contributed by atoms with E-state index in [1.165, 1.54) is 0 Å². The molecule has 1 fully saturated rings. The van der Waals surface area contributed by atoms with E-state index in [0.29, 0.717) is 12.2 Å². The molecule has 110 valence electrons. The molecule has 0 aromatic carbocycles. The summed E-state index contributed by atoms with van der Waals surface area (Å²) in [6.45, 7) is 8.21. The fourth-order valence-corrected chi connectivity index (χ4v) is 2.57. The molecule has 0 amide bonds. The van der Waals surface area contributed by atoms with Crippen molar-refractivity contribution in [3.8, 4) is 0 Å². The fraction of sp³-hybridized carbons (Fsp3) is 0.571. The standard InChI is InChI=1S/C14H22N4O2/c1-4-11-8-18(5-6-20-11)14-12(13(15)17-19)9(2)7-10(3)16-14/h7,11,19H,4-6,8H2,1-3H3,(H2,15,17). The Kier molecular flexibility index (Phi) is 4.44. The molecule has 1 aromatic heterocycles. The van der Waals surface area contributed by atoms with Gasteiger partial charge in [-0.05, 0) is 31.9 Å². The van der Waals surface area contributed by atoms with Crippen LogP contribution in [0.15, 0.2) is 11.2 Å². The zero-order valence-corrected chi connectivity index (χ0v) is 12.3. The highest BCUT2D eigenvalue weighted by atomic mass is 16.5. The summed E-state index contributed by atoms with van der Waals surface area (Å²) in [6, 6.07) is 1.94. The molecule has 6 heteroatoms. The van der Waals surface area contributed by atoms with Gasteiger partial charge in [0.05, 0.1) is 18.3 Å². The van der Waals surface area contributed by atoms with Crippen molar-refractivity contribution in [2.75, 3.05) is 24.6 Å². The summed E-state index contributed by atoms with van der Waals surface area (Å²) in [4.78, 5) is 6.75. The number of morpholine rings is 1. The van der Waals surface area contributed by atoms with E-state index in [0.717, 1.165) is 36.6 Å². The lowest BCUT2D eigenvalue weighted by Gasteiger charge is -2.34. The first kappa shape index (κ1) is 14.6. The molecule has 2 rings (SSSR count). The zero-order valence-electron chi connectivity index (χ0n) is 12.3. The second-order valence-corrected chi connectivity index (χ2v) is 5.11. The van der Waals surface area contributed by atoms with Gasteiger partial charge in [0.2, 0.25) is 0 Å². The maximum Gasteiger partial charge on any atom is 0.174 e. The van der Waals surface area contributed by atoms with Crippen molar-refractivity contribution in [1.82, 2.24) is 4.98 Å². The Morgan fingerprint density at radius 3 is 3.00 bits per heavy atom. The number of ether oxygens (including phenoxy) is 1. The Morgan fingerprint density at radius 2 is 2.35 bits per heavy atom. The van der Waals surface area contributed by atoms with E-state index in [-0.39, 0.29) is 11.9 Å². The minimum atomic E-state index is 0.101. The molecule has 3 N–H and O–H groups in total. The summed E-state index contributed by atoms with van der Waals surface area (Å²) in [6.07, 6.45) is 1.16. The highest BCUT2D eigenvalue weighted by molar-refractivity contribution is 6.02. The van der Waals surface area contributed by atoms with E-state index in [2.05, 4.69) is 22.0 Å². The van der Waals surface area contributed by atoms with Crippen molar-refractivity contribution in [3.63, 3.8) is 0 Å². The van der Waals surface area contributed by atoms with Crippen molar-refractivity contribution in [2.24, 2.45) is 10.9 Å². The smallest absolute Gasteiger partial charge is 0.174 e. The minimum absolute atomic E-state index is 0.101. The van der Waals surface area contributed by atoms with Crippen LogP contribution in [0.4, 0.5) is 5.82 Å². The van der Waals surface area contributed by atoms with E-state index in [4.69, 9.17) is 15.7 Å². The van der Waals surface area contributed by atoms with Crippen molar-refractivity contribution in [3.05, 3.63) is 22.9 Å². The van der Waals surface area contributed by atoms with Crippen LogP contribution in [0.25, 0.3) is 0 Å². The first-order chi connectivity index (χ1) is 9.56. The summed E-state index contributed by atoms with van der Waals surface area (Å²) in [5, 5.41) is 12.1. The summed E-state index contributed by atoms with van der Waals surface area (Å²) in [5.74, 6) is 0.879. The average Bonchev–Trinajstić information content (AvgIpc) is 2.45. The van der Waals surface area contributed by atoms with Crippen LogP contribution in [0, 0.1) is 13.8 Å². The number of anilines is 1. The highest BCUT2D eigenvalue weighted by Gasteiger charge is 2.24. The molecule has 1 aliphatic heterocycles. The predicted molar refractivity (Wildman–Crippen MR) is 78.5 cm³/mol. The SMILES string of the molecule is CCC1CN(c2nc(C)cc(C)c2/C(N)=N/O)CCO1. The number of aromatic nitrogens is 1. The third-order valence-corrected chi connectivity index (χ3v) is 3.58. The van der Waals surface area contributed by atoms with Gasteiger partial charge in [0.15, 0.2) is 5.84 Å². The Balaban J connectivity index is 2.44. The number of amidine groups is 1. The molecule has 6 nitrogen and oxygen atoms in total. The second-order valence-electron chi connectivity index (χ2n) is 5.11. The van der Waals surface area contributed by atoms with Gasteiger partial charge in [-0.25, -0.2) is 4.98 Å². The van der Waals surface area contributed by atoms with E-state index >= 15 is 0 Å². The zero-order chi connectivity index (χ0) is 14.7. The van der Waals surface area contributed by atoms with Crippen LogP contribution in [0.5, 0.6) is 0 Å². The van der Waals surface area contributed by atoms with Crippen LogP contribution in [0.3, 0.4) is 0 Å².